The largest absolute Gasteiger partial charge is 0.399 e. The molecular weight excluding hydrogens is 274 g/mol. The molecule has 0 bridgehead atoms. The van der Waals surface area contributed by atoms with Crippen LogP contribution in [0.4, 0.5) is 5.69 Å². The number of benzene rings is 1. The number of nitrogen functional groups attached to an aromatic ring is 1. The van der Waals surface area contributed by atoms with E-state index in [0.29, 0.717) is 12.2 Å². The van der Waals surface area contributed by atoms with Crippen molar-refractivity contribution in [3.05, 3.63) is 29.8 Å². The van der Waals surface area contributed by atoms with Crippen LogP contribution in [0.1, 0.15) is 39.2 Å². The quantitative estimate of drug-likeness (QED) is 0.815. The number of nitrogens with zero attached hydrogens (tertiary/aromatic N) is 1. The van der Waals surface area contributed by atoms with Crippen LogP contribution >= 0.6 is 0 Å². The first-order valence-electron chi connectivity index (χ1n) is 6.82. The minimum absolute atomic E-state index is 0.108. The molecule has 0 aromatic heterocycles. The van der Waals surface area contributed by atoms with Gasteiger partial charge in [0.05, 0.1) is 0 Å². The lowest BCUT2D eigenvalue weighted by Gasteiger charge is -2.28. The molecule has 112 valence electrons. The van der Waals surface area contributed by atoms with E-state index in [9.17, 15) is 8.42 Å². The van der Waals surface area contributed by atoms with Crippen LogP contribution in [0.5, 0.6) is 0 Å². The van der Waals surface area contributed by atoms with Crippen LogP contribution in [0.25, 0.3) is 0 Å². The Kier molecular flexibility index (Phi) is 4.09. The number of nitrogens with two attached hydrogens (primary N) is 1. The summed E-state index contributed by atoms with van der Waals surface area (Å²) in [7, 11) is -3.49. The first-order valence-corrected chi connectivity index (χ1v) is 8.26. The third-order valence-electron chi connectivity index (χ3n) is 2.99. The Morgan fingerprint density at radius 2 is 2.00 bits per heavy atom. The second kappa shape index (κ2) is 5.35. The molecule has 0 heterocycles. The molecule has 0 aliphatic heterocycles. The summed E-state index contributed by atoms with van der Waals surface area (Å²) in [5.74, 6) is 0. The summed E-state index contributed by atoms with van der Waals surface area (Å²) in [6, 6.07) is 7.48. The lowest BCUT2D eigenvalue weighted by Crippen LogP contribution is -2.49. The van der Waals surface area contributed by atoms with Gasteiger partial charge in [-0.2, -0.15) is 17.4 Å². The van der Waals surface area contributed by atoms with E-state index in [2.05, 4.69) is 4.72 Å². The van der Waals surface area contributed by atoms with Gasteiger partial charge in [-0.25, -0.2) is 0 Å². The zero-order valence-corrected chi connectivity index (χ0v) is 13.1. The van der Waals surface area contributed by atoms with Crippen molar-refractivity contribution in [3.8, 4) is 0 Å². The van der Waals surface area contributed by atoms with Gasteiger partial charge in [-0.3, -0.25) is 0 Å². The summed E-state index contributed by atoms with van der Waals surface area (Å²) in [5.41, 5.74) is 6.83. The Balaban J connectivity index is 2.19. The molecule has 6 heteroatoms. The second-order valence-electron chi connectivity index (χ2n) is 6.38. The summed E-state index contributed by atoms with van der Waals surface area (Å²) in [6.07, 6.45) is 1.85. The molecule has 3 N–H and O–H groups in total. The van der Waals surface area contributed by atoms with Crippen LogP contribution in [0.15, 0.2) is 24.3 Å². The number of anilines is 1. The molecule has 20 heavy (non-hydrogen) atoms. The topological polar surface area (TPSA) is 75.4 Å². The van der Waals surface area contributed by atoms with Crippen molar-refractivity contribution >= 4 is 15.9 Å². The Bertz CT molecular complexity index is 574. The third-order valence-corrected chi connectivity index (χ3v) is 4.90. The van der Waals surface area contributed by atoms with Crippen LogP contribution in [-0.2, 0) is 16.8 Å². The average Bonchev–Trinajstić information content (AvgIpc) is 3.06. The summed E-state index contributed by atoms with van der Waals surface area (Å²) in [4.78, 5) is 0. The molecule has 1 aliphatic carbocycles. The fraction of sp³-hybridized carbons (Fsp3) is 0.571. The molecule has 2 rings (SSSR count). The van der Waals surface area contributed by atoms with Crippen molar-refractivity contribution in [1.29, 1.82) is 0 Å². The van der Waals surface area contributed by atoms with Gasteiger partial charge in [0.15, 0.2) is 0 Å². The monoisotopic (exact) mass is 297 g/mol. The number of nitrogens with one attached hydrogen (secondary N) is 1. The molecule has 1 aromatic carbocycles. The van der Waals surface area contributed by atoms with Crippen molar-refractivity contribution in [1.82, 2.24) is 9.03 Å². The van der Waals surface area contributed by atoms with Crippen LogP contribution in [-0.4, -0.2) is 24.3 Å². The van der Waals surface area contributed by atoms with Gasteiger partial charge < -0.3 is 5.73 Å². The van der Waals surface area contributed by atoms with Gasteiger partial charge >= 0.3 is 0 Å². The highest BCUT2D eigenvalue weighted by Crippen LogP contribution is 2.31. The van der Waals surface area contributed by atoms with Crippen molar-refractivity contribution < 1.29 is 8.42 Å². The maximum atomic E-state index is 12.5. The predicted molar refractivity (Wildman–Crippen MR) is 81.2 cm³/mol. The van der Waals surface area contributed by atoms with E-state index < -0.39 is 15.7 Å². The molecule has 0 saturated heterocycles. The molecule has 0 radical (unpaired) electrons. The number of hydrogen-bond donors (Lipinski definition) is 2. The normalized spacial score (nSPS) is 16.6. The van der Waals surface area contributed by atoms with Crippen molar-refractivity contribution in [2.24, 2.45) is 0 Å². The number of hydrogen-bond acceptors (Lipinski definition) is 3. The third kappa shape index (κ3) is 4.19. The minimum Gasteiger partial charge on any atom is -0.399 e. The Labute approximate surface area is 121 Å². The fourth-order valence-electron chi connectivity index (χ4n) is 2.09. The molecule has 1 saturated carbocycles. The first kappa shape index (κ1) is 15.3. The van der Waals surface area contributed by atoms with Crippen LogP contribution in [0.3, 0.4) is 0 Å². The van der Waals surface area contributed by atoms with Crippen molar-refractivity contribution in [3.63, 3.8) is 0 Å². The predicted octanol–water partition coefficient (Wildman–Crippen LogP) is 1.87. The molecule has 1 fully saturated rings. The first-order chi connectivity index (χ1) is 9.17. The maximum Gasteiger partial charge on any atom is 0.280 e. The van der Waals surface area contributed by atoms with E-state index in [0.717, 1.165) is 18.4 Å². The van der Waals surface area contributed by atoms with Gasteiger partial charge in [-0.1, -0.05) is 12.1 Å². The molecule has 0 amide bonds. The number of rotatable bonds is 5. The molecule has 0 spiro atoms. The van der Waals surface area contributed by atoms with Gasteiger partial charge in [-0.05, 0) is 51.3 Å². The van der Waals surface area contributed by atoms with Crippen LogP contribution < -0.4 is 10.5 Å². The van der Waals surface area contributed by atoms with E-state index in [1.165, 1.54) is 0 Å². The highest BCUT2D eigenvalue weighted by atomic mass is 32.2. The van der Waals surface area contributed by atoms with Gasteiger partial charge in [-0.15, -0.1) is 0 Å². The Hall–Kier alpha value is -1.11. The van der Waals surface area contributed by atoms with E-state index in [1.807, 2.05) is 39.0 Å². The fourth-order valence-corrected chi connectivity index (χ4v) is 3.90. The molecule has 5 nitrogen and oxygen atoms in total. The highest BCUT2D eigenvalue weighted by molar-refractivity contribution is 7.87. The molecule has 1 aromatic rings. The minimum atomic E-state index is -3.49. The molecule has 1 aliphatic rings. The molecule has 0 unspecified atom stereocenters. The van der Waals surface area contributed by atoms with E-state index >= 15 is 0 Å². The summed E-state index contributed by atoms with van der Waals surface area (Å²) >= 11 is 0. The van der Waals surface area contributed by atoms with Gasteiger partial charge in [0, 0.05) is 23.8 Å². The van der Waals surface area contributed by atoms with E-state index in [4.69, 9.17) is 5.73 Å². The standard InChI is InChI=1S/C14H23N3O2S/c1-14(2,3)16-20(18,19)17(13-7-8-13)10-11-5-4-6-12(15)9-11/h4-6,9,13,16H,7-8,10,15H2,1-3H3. The summed E-state index contributed by atoms with van der Waals surface area (Å²) in [6.45, 7) is 5.89. The summed E-state index contributed by atoms with van der Waals surface area (Å²) < 4.78 is 29.3. The molecular formula is C14H23N3O2S. The lowest BCUT2D eigenvalue weighted by molar-refractivity contribution is 0.373. The van der Waals surface area contributed by atoms with Gasteiger partial charge in [0.25, 0.3) is 10.2 Å². The lowest BCUT2D eigenvalue weighted by atomic mass is 10.1. The van der Waals surface area contributed by atoms with Gasteiger partial charge in [0.2, 0.25) is 0 Å². The highest BCUT2D eigenvalue weighted by Gasteiger charge is 2.38. The van der Waals surface area contributed by atoms with E-state index in [-0.39, 0.29) is 6.04 Å². The second-order valence-corrected chi connectivity index (χ2v) is 8.00. The van der Waals surface area contributed by atoms with Crippen LogP contribution in [0, 0.1) is 0 Å². The Morgan fingerprint density at radius 1 is 1.35 bits per heavy atom. The molecule has 0 atom stereocenters. The summed E-state index contributed by atoms with van der Waals surface area (Å²) in [5, 5.41) is 0. The zero-order chi connectivity index (χ0) is 15.0. The Morgan fingerprint density at radius 3 is 2.50 bits per heavy atom. The van der Waals surface area contributed by atoms with E-state index in [1.54, 1.807) is 10.4 Å². The van der Waals surface area contributed by atoms with Gasteiger partial charge in [0.1, 0.15) is 0 Å². The zero-order valence-electron chi connectivity index (χ0n) is 12.3. The van der Waals surface area contributed by atoms with Crippen molar-refractivity contribution in [2.75, 3.05) is 5.73 Å². The van der Waals surface area contributed by atoms with Crippen LogP contribution in [0.2, 0.25) is 0 Å². The average molecular weight is 297 g/mol. The smallest absolute Gasteiger partial charge is 0.280 e. The van der Waals surface area contributed by atoms with Crippen molar-refractivity contribution in [2.45, 2.75) is 51.7 Å². The maximum absolute atomic E-state index is 12.5. The SMILES string of the molecule is CC(C)(C)NS(=O)(=O)N(Cc1cccc(N)c1)C1CC1.